The van der Waals surface area contributed by atoms with Crippen LogP contribution in [-0.4, -0.2) is 8.07 Å². The van der Waals surface area contributed by atoms with Crippen molar-refractivity contribution >= 4 is 29.2 Å². The number of aryl methyl sites for hydroxylation is 2. The van der Waals surface area contributed by atoms with Gasteiger partial charge in [-0.1, -0.05) is 85.8 Å². The van der Waals surface area contributed by atoms with Crippen molar-refractivity contribution in [3.05, 3.63) is 89.6 Å². The Bertz CT molecular complexity index is 1250. The van der Waals surface area contributed by atoms with Gasteiger partial charge in [0, 0.05) is 6.07 Å². The van der Waals surface area contributed by atoms with Gasteiger partial charge in [-0.25, -0.2) is 4.57 Å². The lowest BCUT2D eigenvalue weighted by Crippen LogP contribution is -2.52. The highest BCUT2D eigenvalue weighted by atomic mass is 28.3. The number of fused-ring (bicyclic) bond motifs is 1. The molecule has 2 heteroatoms. The van der Waals surface area contributed by atoms with Crippen molar-refractivity contribution in [3.63, 3.8) is 0 Å². The lowest BCUT2D eigenvalue weighted by Gasteiger charge is -2.24. The van der Waals surface area contributed by atoms with Crippen molar-refractivity contribution in [2.75, 3.05) is 0 Å². The van der Waals surface area contributed by atoms with Crippen LogP contribution in [0, 0.1) is 13.8 Å². The van der Waals surface area contributed by atoms with Crippen LogP contribution in [0.5, 0.6) is 0 Å². The summed E-state index contributed by atoms with van der Waals surface area (Å²) in [4.78, 5) is 0. The first kappa shape index (κ1) is 21.5. The van der Waals surface area contributed by atoms with E-state index in [1.54, 1.807) is 0 Å². The smallest absolute Gasteiger partial charge is 0.200 e. The zero-order valence-corrected chi connectivity index (χ0v) is 21.0. The molecular weight excluding hydrogens is 390 g/mol. The van der Waals surface area contributed by atoms with Crippen molar-refractivity contribution in [1.29, 1.82) is 0 Å². The fourth-order valence-corrected chi connectivity index (χ4v) is 6.96. The molecule has 0 fully saturated rings. The first-order valence-corrected chi connectivity index (χ1v) is 14.3. The maximum atomic E-state index is 2.45. The molecule has 4 rings (SSSR count). The SMILES string of the molecule is Cc1cc(C(C)C)cc(-c2c3ccc([Si](C)(C)c4ccccc4)cc3cc[n+]2C)c1C. The maximum absolute atomic E-state index is 2.45. The highest BCUT2D eigenvalue weighted by Crippen LogP contribution is 2.32. The number of nitrogens with zero attached hydrogens (tertiary/aromatic N) is 1. The number of hydrogen-bond acceptors (Lipinski definition) is 0. The second kappa shape index (κ2) is 8.09. The summed E-state index contributed by atoms with van der Waals surface area (Å²) in [7, 11) is 0.435. The third kappa shape index (κ3) is 3.85. The third-order valence-corrected chi connectivity index (χ3v) is 10.5. The van der Waals surface area contributed by atoms with Gasteiger partial charge in [0.15, 0.2) is 6.20 Å². The molecule has 0 bridgehead atoms. The van der Waals surface area contributed by atoms with Crippen LogP contribution in [0.1, 0.15) is 36.5 Å². The molecule has 0 radical (unpaired) electrons. The molecule has 158 valence electrons. The Hall–Kier alpha value is -2.71. The summed E-state index contributed by atoms with van der Waals surface area (Å²) in [6, 6.07) is 25.2. The number of benzene rings is 3. The fourth-order valence-electron chi connectivity index (χ4n) is 4.58. The number of rotatable bonds is 4. The van der Waals surface area contributed by atoms with E-state index in [0.29, 0.717) is 5.92 Å². The molecule has 0 unspecified atom stereocenters. The van der Waals surface area contributed by atoms with Crippen LogP contribution in [0.3, 0.4) is 0 Å². The summed E-state index contributed by atoms with van der Waals surface area (Å²) in [5.41, 5.74) is 6.81. The zero-order valence-electron chi connectivity index (χ0n) is 20.0. The lowest BCUT2D eigenvalue weighted by molar-refractivity contribution is -0.659. The molecule has 0 saturated carbocycles. The van der Waals surface area contributed by atoms with Crippen molar-refractivity contribution in [2.45, 2.75) is 46.7 Å². The third-order valence-electron chi connectivity index (χ3n) is 6.97. The summed E-state index contributed by atoms with van der Waals surface area (Å²) in [5.74, 6) is 0.516. The Morgan fingerprint density at radius 3 is 2.19 bits per heavy atom. The molecule has 1 aromatic heterocycles. The van der Waals surface area contributed by atoms with Crippen LogP contribution < -0.4 is 14.9 Å². The Kier molecular flexibility index (Phi) is 5.61. The monoisotopic (exact) mass is 424 g/mol. The second-order valence-electron chi connectivity index (χ2n) is 9.73. The molecule has 0 spiro atoms. The minimum Gasteiger partial charge on any atom is -0.200 e. The molecule has 3 aromatic carbocycles. The molecule has 0 atom stereocenters. The van der Waals surface area contributed by atoms with Gasteiger partial charge >= 0.3 is 0 Å². The minimum absolute atomic E-state index is 0.516. The minimum atomic E-state index is -1.73. The second-order valence-corrected chi connectivity index (χ2v) is 14.1. The molecule has 0 aliphatic carbocycles. The number of pyridine rings is 1. The molecule has 1 nitrogen and oxygen atoms in total. The summed E-state index contributed by atoms with van der Waals surface area (Å²) < 4.78 is 2.29. The van der Waals surface area contributed by atoms with Gasteiger partial charge in [0.2, 0.25) is 5.69 Å². The van der Waals surface area contributed by atoms with Crippen LogP contribution in [0.15, 0.2) is 72.9 Å². The Morgan fingerprint density at radius 1 is 0.806 bits per heavy atom. The molecule has 0 N–H and O–H groups in total. The molecule has 0 aliphatic rings. The van der Waals surface area contributed by atoms with Gasteiger partial charge in [0.1, 0.15) is 15.1 Å². The fraction of sp³-hybridized carbons (Fsp3) is 0.276. The first-order valence-electron chi connectivity index (χ1n) is 11.3. The highest BCUT2D eigenvalue weighted by molar-refractivity contribution is 7.00. The molecule has 0 saturated heterocycles. The van der Waals surface area contributed by atoms with Gasteiger partial charge in [-0.2, -0.15) is 0 Å². The predicted molar refractivity (Wildman–Crippen MR) is 137 cm³/mol. The van der Waals surface area contributed by atoms with Gasteiger partial charge in [0.25, 0.3) is 0 Å². The largest absolute Gasteiger partial charge is 0.220 e. The first-order chi connectivity index (χ1) is 14.7. The molecular formula is C29H34NSi+. The summed E-state index contributed by atoms with van der Waals surface area (Å²) in [6.45, 7) is 14.0. The van der Waals surface area contributed by atoms with E-state index < -0.39 is 8.07 Å². The Balaban J connectivity index is 1.93. The van der Waals surface area contributed by atoms with E-state index in [0.717, 1.165) is 0 Å². The van der Waals surface area contributed by atoms with E-state index in [-0.39, 0.29) is 0 Å². The van der Waals surface area contributed by atoms with Gasteiger partial charge in [-0.15, -0.1) is 0 Å². The van der Waals surface area contributed by atoms with Crippen LogP contribution in [-0.2, 0) is 7.05 Å². The van der Waals surface area contributed by atoms with E-state index >= 15 is 0 Å². The molecule has 4 aromatic rings. The van der Waals surface area contributed by atoms with Crippen LogP contribution >= 0.6 is 0 Å². The molecule has 0 amide bonds. The summed E-state index contributed by atoms with van der Waals surface area (Å²) in [5, 5.41) is 5.62. The highest BCUT2D eigenvalue weighted by Gasteiger charge is 2.27. The van der Waals surface area contributed by atoms with Crippen molar-refractivity contribution in [1.82, 2.24) is 0 Å². The van der Waals surface area contributed by atoms with Crippen LogP contribution in [0.4, 0.5) is 0 Å². The average molecular weight is 425 g/mol. The van der Waals surface area contributed by atoms with Gasteiger partial charge in [0.05, 0.1) is 10.9 Å². The topological polar surface area (TPSA) is 3.88 Å². The van der Waals surface area contributed by atoms with E-state index in [1.807, 2.05) is 0 Å². The Labute approximate surface area is 188 Å². The van der Waals surface area contributed by atoms with E-state index in [4.69, 9.17) is 0 Å². The van der Waals surface area contributed by atoms with Gasteiger partial charge < -0.3 is 0 Å². The Morgan fingerprint density at radius 2 is 1.52 bits per heavy atom. The molecule has 1 heterocycles. The quantitative estimate of drug-likeness (QED) is 0.284. The standard InChI is InChI=1S/C29H34NSi/c1-20(2)24-17-21(3)22(4)28(19-24)29-27-14-13-26(18-23(27)15-16-30(29)5)31(6,7)25-11-9-8-10-12-25/h8-20H,1-7H3/q+1. The van der Waals surface area contributed by atoms with Crippen molar-refractivity contribution < 1.29 is 4.57 Å². The number of aromatic nitrogens is 1. The van der Waals surface area contributed by atoms with E-state index in [2.05, 4.69) is 125 Å². The van der Waals surface area contributed by atoms with Gasteiger partial charge in [-0.3, -0.25) is 0 Å². The van der Waals surface area contributed by atoms with Crippen molar-refractivity contribution in [2.24, 2.45) is 7.05 Å². The van der Waals surface area contributed by atoms with E-state index in [1.165, 1.54) is 49.1 Å². The zero-order chi connectivity index (χ0) is 22.3. The van der Waals surface area contributed by atoms with Crippen LogP contribution in [0.25, 0.3) is 22.0 Å². The molecule has 0 aliphatic heterocycles. The normalized spacial score (nSPS) is 12.0. The average Bonchev–Trinajstić information content (AvgIpc) is 2.76. The molecule has 31 heavy (non-hydrogen) atoms. The van der Waals surface area contributed by atoms with Gasteiger partial charge in [-0.05, 0) is 54.0 Å². The van der Waals surface area contributed by atoms with Crippen molar-refractivity contribution in [3.8, 4) is 11.3 Å². The van der Waals surface area contributed by atoms with Crippen LogP contribution in [0.2, 0.25) is 13.1 Å². The summed E-state index contributed by atoms with van der Waals surface area (Å²) in [6.07, 6.45) is 2.22. The van der Waals surface area contributed by atoms with E-state index in [9.17, 15) is 0 Å². The lowest BCUT2D eigenvalue weighted by atomic mass is 9.91. The number of hydrogen-bond donors (Lipinski definition) is 0. The maximum Gasteiger partial charge on any atom is 0.220 e. The predicted octanol–water partition coefficient (Wildman–Crippen LogP) is 5.89. The summed E-state index contributed by atoms with van der Waals surface area (Å²) >= 11 is 0.